The molecule has 0 radical (unpaired) electrons. The van der Waals surface area contributed by atoms with Crippen molar-refractivity contribution in [3.63, 3.8) is 0 Å². The summed E-state index contributed by atoms with van der Waals surface area (Å²) in [5.74, 6) is -2.79. The van der Waals surface area contributed by atoms with E-state index in [1.54, 1.807) is 12.2 Å². The first-order chi connectivity index (χ1) is 15.6. The summed E-state index contributed by atoms with van der Waals surface area (Å²) in [6.45, 7) is 8.59. The second-order valence-electron chi connectivity index (χ2n) is 10.0. The maximum absolute atomic E-state index is 13.7. The van der Waals surface area contributed by atoms with E-state index in [9.17, 15) is 15.0 Å². The summed E-state index contributed by atoms with van der Waals surface area (Å²) < 4.78 is 0. The van der Waals surface area contributed by atoms with Gasteiger partial charge in [-0.25, -0.2) is 0 Å². The van der Waals surface area contributed by atoms with E-state index in [-0.39, 0.29) is 11.7 Å². The maximum Gasteiger partial charge on any atom is 0.192 e. The van der Waals surface area contributed by atoms with Crippen molar-refractivity contribution in [3.8, 4) is 0 Å². The molecule has 0 saturated heterocycles. The molecular weight excluding hydrogens is 410 g/mol. The van der Waals surface area contributed by atoms with Crippen LogP contribution < -0.4 is 5.73 Å². The van der Waals surface area contributed by atoms with Crippen LogP contribution in [0.3, 0.4) is 0 Å². The van der Waals surface area contributed by atoms with E-state index >= 15 is 0 Å². The van der Waals surface area contributed by atoms with Crippen LogP contribution in [-0.4, -0.2) is 27.8 Å². The Kier molecular flexibility index (Phi) is 6.45. The Bertz CT molecular complexity index is 1100. The van der Waals surface area contributed by atoms with Gasteiger partial charge in [0.05, 0.1) is 0 Å². The summed E-state index contributed by atoms with van der Waals surface area (Å²) in [5.41, 5.74) is 12.8. The Hall–Kier alpha value is -2.53. The molecule has 5 atom stereocenters. The van der Waals surface area contributed by atoms with Gasteiger partial charge in [-0.05, 0) is 68.2 Å². The van der Waals surface area contributed by atoms with Gasteiger partial charge in [0.15, 0.2) is 11.6 Å². The number of carbonyl (C=O) groups is 1. The third-order valence-electron chi connectivity index (χ3n) is 7.63. The number of Topliss-reactive ketones (excluding diaryl/α,β-unsaturated/α-hetero) is 1. The Labute approximate surface area is 196 Å². The Morgan fingerprint density at radius 2 is 1.94 bits per heavy atom. The monoisotopic (exact) mass is 445 g/mol. The zero-order valence-electron chi connectivity index (χ0n) is 20.0. The number of fused-ring (bicyclic) bond motifs is 1. The number of carbonyl (C=O) groups excluding carboxylic acids is 1. The van der Waals surface area contributed by atoms with Crippen LogP contribution in [0.1, 0.15) is 56.2 Å². The van der Waals surface area contributed by atoms with Gasteiger partial charge in [0.25, 0.3) is 0 Å². The first kappa shape index (κ1) is 23.6. The van der Waals surface area contributed by atoms with Crippen molar-refractivity contribution in [3.05, 3.63) is 88.1 Å². The Balaban J connectivity index is 1.67. The third-order valence-corrected chi connectivity index (χ3v) is 7.63. The molecular formula is C29H35NO3. The van der Waals surface area contributed by atoms with Crippen molar-refractivity contribution in [2.45, 2.75) is 58.3 Å². The van der Waals surface area contributed by atoms with E-state index in [2.05, 4.69) is 45.9 Å². The molecule has 0 spiro atoms. The summed E-state index contributed by atoms with van der Waals surface area (Å²) in [7, 11) is 0. The van der Waals surface area contributed by atoms with Crippen molar-refractivity contribution in [1.82, 2.24) is 0 Å². The Morgan fingerprint density at radius 3 is 2.61 bits per heavy atom. The number of nitrogens with two attached hydrogens (primary N) is 1. The number of allylic oxidation sites excluding steroid dienone is 7. The number of ketones is 1. The van der Waals surface area contributed by atoms with Crippen LogP contribution in [0.25, 0.3) is 6.08 Å². The minimum atomic E-state index is -2.32. The minimum absolute atomic E-state index is 0.125. The average Bonchev–Trinajstić information content (AvgIpc) is 3.15. The highest BCUT2D eigenvalue weighted by atomic mass is 16.5. The van der Waals surface area contributed by atoms with E-state index in [4.69, 9.17) is 5.73 Å². The zero-order valence-corrected chi connectivity index (χ0v) is 20.0. The molecule has 3 aliphatic rings. The molecule has 0 amide bonds. The molecule has 4 heteroatoms. The minimum Gasteiger partial charge on any atom is -0.364 e. The summed E-state index contributed by atoms with van der Waals surface area (Å²) >= 11 is 0. The van der Waals surface area contributed by atoms with E-state index in [1.165, 1.54) is 11.1 Å². The molecule has 0 aliphatic heterocycles. The molecule has 1 aromatic rings. The molecule has 4 rings (SSSR count). The molecule has 0 fully saturated rings. The van der Waals surface area contributed by atoms with E-state index in [0.717, 1.165) is 23.1 Å². The van der Waals surface area contributed by atoms with Crippen LogP contribution in [0.15, 0.2) is 71.4 Å². The quantitative estimate of drug-likeness (QED) is 0.553. The zero-order chi connectivity index (χ0) is 23.9. The average molecular weight is 446 g/mol. The molecule has 0 heterocycles. The first-order valence-corrected chi connectivity index (χ1v) is 11.9. The molecule has 33 heavy (non-hydrogen) atoms. The molecule has 3 aliphatic carbocycles. The SMILES string of the molecule is CC1=CC(C)C(C[C@H]2C(C(=O)[C@H](N)C(O)(O)C3C=CC=CC3)=Cc3cccc(C)c32)C(C)=C1. The van der Waals surface area contributed by atoms with Crippen molar-refractivity contribution in [2.24, 2.45) is 23.5 Å². The Morgan fingerprint density at radius 1 is 1.18 bits per heavy atom. The molecule has 1 aromatic carbocycles. The number of aryl methyl sites for hydroxylation is 1. The van der Waals surface area contributed by atoms with Crippen molar-refractivity contribution >= 4 is 11.9 Å². The predicted octanol–water partition coefficient (Wildman–Crippen LogP) is 4.73. The molecule has 0 aromatic heterocycles. The molecule has 4 N–H and O–H groups in total. The van der Waals surface area contributed by atoms with E-state index in [0.29, 0.717) is 23.8 Å². The number of aliphatic hydroxyl groups is 2. The van der Waals surface area contributed by atoms with Gasteiger partial charge in [0, 0.05) is 17.4 Å². The number of hydrogen-bond donors (Lipinski definition) is 3. The van der Waals surface area contributed by atoms with Gasteiger partial charge in [-0.2, -0.15) is 0 Å². The molecule has 3 unspecified atom stereocenters. The standard InChI is InChI=1S/C29H35NO3/c1-17-13-19(3)23(20(4)14-17)16-24-25(15-21-10-8-9-18(2)26(21)24)27(31)28(30)29(32,33)22-11-6-5-7-12-22/h5-11,13-15,19,22-24,28,32-33H,12,16,30H2,1-4H3/t19?,22?,23?,24-,28-/m0/s1. The van der Waals surface area contributed by atoms with Crippen LogP contribution in [0.5, 0.6) is 0 Å². The van der Waals surface area contributed by atoms with Gasteiger partial charge in [-0.15, -0.1) is 0 Å². The van der Waals surface area contributed by atoms with Crippen molar-refractivity contribution in [2.75, 3.05) is 0 Å². The third kappa shape index (κ3) is 4.35. The highest BCUT2D eigenvalue weighted by Gasteiger charge is 2.46. The summed E-state index contributed by atoms with van der Waals surface area (Å²) in [4.78, 5) is 13.7. The lowest BCUT2D eigenvalue weighted by atomic mass is 9.72. The van der Waals surface area contributed by atoms with Crippen LogP contribution >= 0.6 is 0 Å². The molecule has 0 saturated carbocycles. The smallest absolute Gasteiger partial charge is 0.192 e. The fourth-order valence-corrected chi connectivity index (χ4v) is 5.83. The highest BCUT2D eigenvalue weighted by molar-refractivity contribution is 6.07. The van der Waals surface area contributed by atoms with Gasteiger partial charge in [0.2, 0.25) is 0 Å². The largest absolute Gasteiger partial charge is 0.364 e. The van der Waals surface area contributed by atoms with Crippen LogP contribution in [0.4, 0.5) is 0 Å². The van der Waals surface area contributed by atoms with E-state index in [1.807, 2.05) is 30.4 Å². The molecule has 4 nitrogen and oxygen atoms in total. The van der Waals surface area contributed by atoms with Crippen LogP contribution in [0, 0.1) is 24.7 Å². The van der Waals surface area contributed by atoms with Crippen LogP contribution in [-0.2, 0) is 4.79 Å². The van der Waals surface area contributed by atoms with Gasteiger partial charge in [-0.3, -0.25) is 4.79 Å². The van der Waals surface area contributed by atoms with E-state index < -0.39 is 17.7 Å². The number of rotatable bonds is 6. The lowest BCUT2D eigenvalue weighted by Gasteiger charge is -2.35. The summed E-state index contributed by atoms with van der Waals surface area (Å²) in [6, 6.07) is 4.67. The second kappa shape index (κ2) is 9.02. The summed E-state index contributed by atoms with van der Waals surface area (Å²) in [6.07, 6.45) is 14.8. The fraction of sp³-hybridized carbons (Fsp3) is 0.414. The lowest BCUT2D eigenvalue weighted by molar-refractivity contribution is -0.202. The van der Waals surface area contributed by atoms with Gasteiger partial charge in [0.1, 0.15) is 6.04 Å². The molecule has 174 valence electrons. The van der Waals surface area contributed by atoms with Gasteiger partial charge >= 0.3 is 0 Å². The predicted molar refractivity (Wildman–Crippen MR) is 133 cm³/mol. The topological polar surface area (TPSA) is 83.6 Å². The fourth-order valence-electron chi connectivity index (χ4n) is 5.83. The number of hydrogen-bond acceptors (Lipinski definition) is 4. The first-order valence-electron chi connectivity index (χ1n) is 11.9. The van der Waals surface area contributed by atoms with Crippen LogP contribution in [0.2, 0.25) is 0 Å². The maximum atomic E-state index is 13.7. The van der Waals surface area contributed by atoms with Gasteiger partial charge < -0.3 is 15.9 Å². The summed E-state index contributed by atoms with van der Waals surface area (Å²) in [5, 5.41) is 21.8. The lowest BCUT2D eigenvalue weighted by Crippen LogP contribution is -2.57. The van der Waals surface area contributed by atoms with Gasteiger partial charge in [-0.1, -0.05) is 72.7 Å². The normalized spacial score (nSPS) is 27.5. The van der Waals surface area contributed by atoms with Crippen molar-refractivity contribution in [1.29, 1.82) is 0 Å². The van der Waals surface area contributed by atoms with Crippen molar-refractivity contribution < 1.29 is 15.0 Å². The second-order valence-corrected chi connectivity index (χ2v) is 10.0. The number of benzene rings is 1. The molecule has 0 bridgehead atoms. The highest BCUT2D eigenvalue weighted by Crippen LogP contribution is 2.46.